The van der Waals surface area contributed by atoms with Crippen LogP contribution in [0.15, 0.2) is 33.7 Å². The van der Waals surface area contributed by atoms with Crippen LogP contribution in [0.1, 0.15) is 35.1 Å². The summed E-state index contributed by atoms with van der Waals surface area (Å²) in [6.07, 6.45) is 2.24. The lowest BCUT2D eigenvalue weighted by molar-refractivity contribution is -0.121. The summed E-state index contributed by atoms with van der Waals surface area (Å²) >= 11 is 1.65. The number of aliphatic hydroxyl groups excluding tert-OH is 1. The molecule has 0 radical (unpaired) electrons. The van der Waals surface area contributed by atoms with Crippen molar-refractivity contribution in [2.24, 2.45) is 0 Å². The molecule has 1 atom stereocenters. The molecule has 2 N–H and O–H groups in total. The van der Waals surface area contributed by atoms with Crippen molar-refractivity contribution in [1.29, 1.82) is 0 Å². The fourth-order valence-electron chi connectivity index (χ4n) is 2.34. The highest BCUT2D eigenvalue weighted by molar-refractivity contribution is 7.98. The monoisotopic (exact) mass is 334 g/mol. The molecular weight excluding hydrogens is 312 g/mol. The van der Waals surface area contributed by atoms with E-state index < -0.39 is 6.10 Å². The second-order valence-electron chi connectivity index (χ2n) is 5.40. The van der Waals surface area contributed by atoms with Gasteiger partial charge in [0.2, 0.25) is 5.91 Å². The Morgan fingerprint density at radius 1 is 1.35 bits per heavy atom. The number of hydrogen-bond donors (Lipinski definition) is 2. The van der Waals surface area contributed by atoms with Gasteiger partial charge in [0.1, 0.15) is 5.76 Å². The smallest absolute Gasteiger partial charge is 0.220 e. The van der Waals surface area contributed by atoms with Gasteiger partial charge in [-0.05, 0) is 44.2 Å². The number of aryl methyl sites for hydroxylation is 2. The lowest BCUT2D eigenvalue weighted by Gasteiger charge is -2.12. The Morgan fingerprint density at radius 3 is 2.61 bits per heavy atom. The molecule has 5 nitrogen and oxygen atoms in total. The van der Waals surface area contributed by atoms with Crippen molar-refractivity contribution in [3.05, 3.63) is 46.8 Å². The third-order valence-corrected chi connectivity index (χ3v) is 4.52. The zero-order valence-electron chi connectivity index (χ0n) is 13.6. The first kappa shape index (κ1) is 17.6. The van der Waals surface area contributed by atoms with Crippen LogP contribution in [-0.4, -0.2) is 29.0 Å². The van der Waals surface area contributed by atoms with Gasteiger partial charge in [0.15, 0.2) is 0 Å². The minimum absolute atomic E-state index is 0.0928. The second-order valence-corrected chi connectivity index (χ2v) is 6.28. The average Bonchev–Trinajstić information content (AvgIpc) is 2.89. The molecule has 2 aromatic rings. The van der Waals surface area contributed by atoms with E-state index in [2.05, 4.69) is 10.5 Å². The normalized spacial score (nSPS) is 12.2. The van der Waals surface area contributed by atoms with Crippen molar-refractivity contribution in [3.8, 4) is 0 Å². The zero-order valence-corrected chi connectivity index (χ0v) is 14.4. The first-order chi connectivity index (χ1) is 11.0. The van der Waals surface area contributed by atoms with Gasteiger partial charge in [0.25, 0.3) is 0 Å². The molecule has 0 aliphatic rings. The Labute approximate surface area is 140 Å². The van der Waals surface area contributed by atoms with E-state index in [-0.39, 0.29) is 12.5 Å². The van der Waals surface area contributed by atoms with E-state index in [9.17, 15) is 9.90 Å². The third kappa shape index (κ3) is 4.84. The van der Waals surface area contributed by atoms with E-state index in [0.717, 1.165) is 27.5 Å². The molecule has 0 saturated heterocycles. The number of aliphatic hydroxyl groups is 1. The molecule has 1 unspecified atom stereocenters. The first-order valence-electron chi connectivity index (χ1n) is 7.51. The van der Waals surface area contributed by atoms with E-state index >= 15 is 0 Å². The van der Waals surface area contributed by atoms with Gasteiger partial charge in [0, 0.05) is 23.4 Å². The Bertz CT molecular complexity index is 633. The molecule has 1 heterocycles. The molecule has 0 saturated carbocycles. The summed E-state index contributed by atoms with van der Waals surface area (Å²) in [7, 11) is 0. The predicted molar refractivity (Wildman–Crippen MR) is 90.5 cm³/mol. The standard InChI is InChI=1S/C17H22N2O3S/c1-11-15(12(2)22-19-11)8-9-17(21)18-10-16(20)13-4-6-14(23-3)7-5-13/h4-7,16,20H,8-10H2,1-3H3,(H,18,21). The Hall–Kier alpha value is -1.79. The number of thioether (sulfide) groups is 1. The van der Waals surface area contributed by atoms with Crippen molar-refractivity contribution in [1.82, 2.24) is 10.5 Å². The maximum absolute atomic E-state index is 11.9. The van der Waals surface area contributed by atoms with Crippen LogP contribution in [-0.2, 0) is 11.2 Å². The Morgan fingerprint density at radius 2 is 2.04 bits per heavy atom. The van der Waals surface area contributed by atoms with Crippen molar-refractivity contribution >= 4 is 17.7 Å². The van der Waals surface area contributed by atoms with Crippen LogP contribution in [0.5, 0.6) is 0 Å². The Balaban J connectivity index is 1.79. The van der Waals surface area contributed by atoms with Crippen LogP contribution in [0.25, 0.3) is 0 Å². The van der Waals surface area contributed by atoms with Gasteiger partial charge in [-0.2, -0.15) is 0 Å². The van der Waals surface area contributed by atoms with Crippen molar-refractivity contribution in [2.75, 3.05) is 12.8 Å². The predicted octanol–water partition coefficient (Wildman–Crippen LogP) is 2.80. The number of aromatic nitrogens is 1. The maximum Gasteiger partial charge on any atom is 0.220 e. The van der Waals surface area contributed by atoms with Gasteiger partial charge >= 0.3 is 0 Å². The lowest BCUT2D eigenvalue weighted by Crippen LogP contribution is -2.28. The van der Waals surface area contributed by atoms with Crippen molar-refractivity contribution < 1.29 is 14.4 Å². The number of amides is 1. The van der Waals surface area contributed by atoms with Crippen molar-refractivity contribution in [3.63, 3.8) is 0 Å². The summed E-state index contributed by atoms with van der Waals surface area (Å²) in [6.45, 7) is 3.92. The first-order valence-corrected chi connectivity index (χ1v) is 8.74. The highest BCUT2D eigenvalue weighted by Crippen LogP contribution is 2.19. The van der Waals surface area contributed by atoms with Crippen LogP contribution in [0.4, 0.5) is 0 Å². The third-order valence-electron chi connectivity index (χ3n) is 3.78. The van der Waals surface area contributed by atoms with Crippen LogP contribution >= 0.6 is 11.8 Å². The van der Waals surface area contributed by atoms with Crippen LogP contribution < -0.4 is 5.32 Å². The number of hydrogen-bond acceptors (Lipinski definition) is 5. The summed E-state index contributed by atoms with van der Waals surface area (Å²) in [4.78, 5) is 13.1. The minimum Gasteiger partial charge on any atom is -0.387 e. The molecule has 0 spiro atoms. The van der Waals surface area contributed by atoms with E-state index in [1.54, 1.807) is 11.8 Å². The van der Waals surface area contributed by atoms with Gasteiger partial charge < -0.3 is 14.9 Å². The molecule has 0 aliphatic heterocycles. The molecule has 1 aromatic carbocycles. The van der Waals surface area contributed by atoms with Gasteiger partial charge in [-0.25, -0.2) is 0 Å². The number of carbonyl (C=O) groups excluding carboxylic acids is 1. The molecule has 0 bridgehead atoms. The summed E-state index contributed by atoms with van der Waals surface area (Å²) < 4.78 is 5.08. The molecule has 2 rings (SSSR count). The molecule has 1 amide bonds. The second kappa shape index (κ2) is 8.17. The van der Waals surface area contributed by atoms with E-state index in [4.69, 9.17) is 4.52 Å². The Kier molecular flexibility index (Phi) is 6.24. The zero-order chi connectivity index (χ0) is 16.8. The summed E-state index contributed by atoms with van der Waals surface area (Å²) in [5, 5.41) is 16.8. The lowest BCUT2D eigenvalue weighted by atomic mass is 10.1. The highest BCUT2D eigenvalue weighted by atomic mass is 32.2. The van der Waals surface area contributed by atoms with E-state index in [0.29, 0.717) is 12.8 Å². The van der Waals surface area contributed by atoms with E-state index in [1.165, 1.54) is 0 Å². The van der Waals surface area contributed by atoms with Gasteiger partial charge in [-0.1, -0.05) is 17.3 Å². The quantitative estimate of drug-likeness (QED) is 0.762. The summed E-state index contributed by atoms with van der Waals surface area (Å²) in [5.41, 5.74) is 2.60. The van der Waals surface area contributed by atoms with Gasteiger partial charge in [0.05, 0.1) is 11.8 Å². The highest BCUT2D eigenvalue weighted by Gasteiger charge is 2.13. The molecule has 6 heteroatoms. The molecule has 124 valence electrons. The SMILES string of the molecule is CSc1ccc(C(O)CNC(=O)CCc2c(C)noc2C)cc1. The summed E-state index contributed by atoms with van der Waals surface area (Å²) in [6, 6.07) is 7.68. The van der Waals surface area contributed by atoms with Gasteiger partial charge in [-0.3, -0.25) is 4.79 Å². The minimum atomic E-state index is -0.700. The number of nitrogens with one attached hydrogen (secondary N) is 1. The fraction of sp³-hybridized carbons (Fsp3) is 0.412. The molecule has 1 aromatic heterocycles. The van der Waals surface area contributed by atoms with Gasteiger partial charge in [-0.15, -0.1) is 11.8 Å². The fourth-order valence-corrected chi connectivity index (χ4v) is 2.75. The van der Waals surface area contributed by atoms with Crippen LogP contribution in [0, 0.1) is 13.8 Å². The number of nitrogens with zero attached hydrogens (tertiary/aromatic N) is 1. The summed E-state index contributed by atoms with van der Waals surface area (Å²) in [5.74, 6) is 0.661. The molecular formula is C17H22N2O3S. The average molecular weight is 334 g/mol. The van der Waals surface area contributed by atoms with E-state index in [1.807, 2.05) is 44.4 Å². The van der Waals surface area contributed by atoms with Crippen molar-refractivity contribution in [2.45, 2.75) is 37.7 Å². The molecule has 0 fully saturated rings. The molecule has 23 heavy (non-hydrogen) atoms. The number of rotatable bonds is 7. The topological polar surface area (TPSA) is 75.4 Å². The van der Waals surface area contributed by atoms with Crippen LogP contribution in [0.3, 0.4) is 0 Å². The van der Waals surface area contributed by atoms with Crippen LogP contribution in [0.2, 0.25) is 0 Å². The number of benzene rings is 1. The number of carbonyl (C=O) groups is 1. The maximum atomic E-state index is 11.9. The largest absolute Gasteiger partial charge is 0.387 e. The molecule has 0 aliphatic carbocycles.